The number of halogens is 4. The molecule has 5 heteroatoms. The molecule has 11 aromatic rings. The van der Waals surface area contributed by atoms with Crippen LogP contribution in [0.2, 0.25) is 0 Å². The Morgan fingerprint density at radius 3 is 1.14 bits per heavy atom. The molecule has 77 heavy (non-hydrogen) atoms. The van der Waals surface area contributed by atoms with Gasteiger partial charge in [0, 0.05) is 28.2 Å². The minimum atomic E-state index is -1.31. The highest BCUT2D eigenvalue weighted by molar-refractivity contribution is 5.93. The molecular formula is C72H47F4N. The minimum absolute atomic E-state index is 0.181. The lowest BCUT2D eigenvalue weighted by Crippen LogP contribution is -2.31. The van der Waals surface area contributed by atoms with Crippen LogP contribution in [0.3, 0.4) is 0 Å². The highest BCUT2D eigenvalue weighted by atomic mass is 19.2. The maximum atomic E-state index is 17.0. The number of fused-ring (bicyclic) bond motifs is 6. The predicted octanol–water partition coefficient (Wildman–Crippen LogP) is 19.1. The Morgan fingerprint density at radius 2 is 0.675 bits per heavy atom. The van der Waals surface area contributed by atoms with E-state index in [4.69, 9.17) is 0 Å². The monoisotopic (exact) mass is 1000 g/mol. The third kappa shape index (κ3) is 7.29. The van der Waals surface area contributed by atoms with E-state index in [1.807, 2.05) is 115 Å². The molecule has 2 unspecified atom stereocenters. The van der Waals surface area contributed by atoms with Crippen LogP contribution in [-0.2, 0) is 10.8 Å². The number of benzene rings is 11. The van der Waals surface area contributed by atoms with Crippen LogP contribution in [0.1, 0.15) is 55.6 Å². The third-order valence-electron chi connectivity index (χ3n) is 15.9. The van der Waals surface area contributed by atoms with Crippen molar-refractivity contribution in [2.45, 2.75) is 10.8 Å². The van der Waals surface area contributed by atoms with Crippen LogP contribution in [0, 0.1) is 23.3 Å². The lowest BCUT2D eigenvalue weighted by molar-refractivity contribution is 0.488. The molecule has 0 amide bonds. The first-order chi connectivity index (χ1) is 37.7. The molecule has 1 nitrogen and oxygen atoms in total. The van der Waals surface area contributed by atoms with Crippen LogP contribution in [0.4, 0.5) is 34.6 Å². The zero-order valence-corrected chi connectivity index (χ0v) is 41.7. The number of rotatable bonds is 11. The van der Waals surface area contributed by atoms with Gasteiger partial charge in [-0.05, 0) is 144 Å². The second kappa shape index (κ2) is 18.7. The summed E-state index contributed by atoms with van der Waals surface area (Å²) in [5, 5.41) is 0. The molecule has 0 aliphatic heterocycles. The number of hydrogen-bond acceptors (Lipinski definition) is 1. The van der Waals surface area contributed by atoms with E-state index >= 15 is 17.6 Å². The molecular weight excluding hydrogens is 955 g/mol. The zero-order chi connectivity index (χ0) is 52.4. The van der Waals surface area contributed by atoms with Crippen LogP contribution in [0.15, 0.2) is 262 Å². The highest BCUT2D eigenvalue weighted by Crippen LogP contribution is 2.60. The summed E-state index contributed by atoms with van der Waals surface area (Å²) in [6.45, 7) is 7.99. The number of nitrogens with zero attached hydrogens (tertiary/aromatic N) is 1. The van der Waals surface area contributed by atoms with Gasteiger partial charge in [-0.2, -0.15) is 0 Å². The summed E-state index contributed by atoms with van der Waals surface area (Å²) >= 11 is 0. The second-order valence-electron chi connectivity index (χ2n) is 19.7. The van der Waals surface area contributed by atoms with Crippen molar-refractivity contribution < 1.29 is 17.6 Å². The Morgan fingerprint density at radius 1 is 0.299 bits per heavy atom. The molecule has 0 saturated carbocycles. The standard InChI is InChI=1S/C72H47F4N/c1-3-46-27-33-52(34-28-46)71(63-23-13-25-67(73)69(63)75)61-21-10-8-19-57(61)59-41-39-55(44-65(59)71)77(54-37-31-49(32-38-54)51-18-12-17-50(43-51)48-15-6-5-7-16-48)56-40-42-60-58-20-9-11-22-62(58)72(66(60)45-56,53-35-29-47(4-2)30-36-53)64-24-14-26-68(74)70(64)76/h3-45H,1-2H2. The topological polar surface area (TPSA) is 3.24 Å². The molecule has 0 spiro atoms. The Balaban J connectivity index is 1.08. The molecule has 2 atom stereocenters. The van der Waals surface area contributed by atoms with E-state index in [2.05, 4.69) is 115 Å². The molecule has 0 N–H and O–H groups in total. The van der Waals surface area contributed by atoms with E-state index in [0.717, 1.165) is 118 Å². The molecule has 0 fully saturated rings. The van der Waals surface area contributed by atoms with Gasteiger partial charge in [0.1, 0.15) is 0 Å². The fraction of sp³-hybridized carbons (Fsp3) is 0.0278. The zero-order valence-electron chi connectivity index (χ0n) is 41.7. The fourth-order valence-electron chi connectivity index (χ4n) is 12.4. The maximum absolute atomic E-state index is 17.0. The van der Waals surface area contributed by atoms with Gasteiger partial charge in [-0.25, -0.2) is 17.6 Å². The maximum Gasteiger partial charge on any atom is 0.163 e. The van der Waals surface area contributed by atoms with Crippen molar-refractivity contribution in [3.63, 3.8) is 0 Å². The first-order valence-electron chi connectivity index (χ1n) is 25.6. The van der Waals surface area contributed by atoms with Crippen molar-refractivity contribution in [1.29, 1.82) is 0 Å². The van der Waals surface area contributed by atoms with Crippen molar-refractivity contribution in [3.8, 4) is 44.5 Å². The van der Waals surface area contributed by atoms with Crippen molar-refractivity contribution >= 4 is 29.2 Å². The van der Waals surface area contributed by atoms with Crippen LogP contribution in [-0.4, -0.2) is 0 Å². The molecule has 0 saturated heterocycles. The smallest absolute Gasteiger partial charge is 0.163 e. The normalized spacial score (nSPS) is 15.7. The summed E-state index contributed by atoms with van der Waals surface area (Å²) in [6, 6.07) is 80.2. The van der Waals surface area contributed by atoms with E-state index in [1.54, 1.807) is 36.4 Å². The first kappa shape index (κ1) is 47.2. The van der Waals surface area contributed by atoms with E-state index in [9.17, 15) is 0 Å². The second-order valence-corrected chi connectivity index (χ2v) is 19.7. The van der Waals surface area contributed by atoms with Gasteiger partial charge < -0.3 is 4.90 Å². The summed E-state index contributed by atoms with van der Waals surface area (Å²) < 4.78 is 65.8. The van der Waals surface area contributed by atoms with Gasteiger partial charge in [-0.3, -0.25) is 0 Å². The van der Waals surface area contributed by atoms with Gasteiger partial charge in [0.15, 0.2) is 23.3 Å². The minimum Gasteiger partial charge on any atom is -0.310 e. The Kier molecular flexibility index (Phi) is 11.4. The molecule has 13 rings (SSSR count). The molecule has 0 heterocycles. The predicted molar refractivity (Wildman–Crippen MR) is 307 cm³/mol. The van der Waals surface area contributed by atoms with Crippen LogP contribution in [0.25, 0.3) is 56.7 Å². The van der Waals surface area contributed by atoms with Crippen molar-refractivity contribution in [2.75, 3.05) is 4.90 Å². The van der Waals surface area contributed by atoms with E-state index < -0.39 is 34.1 Å². The average molecular weight is 1000 g/mol. The van der Waals surface area contributed by atoms with E-state index in [0.29, 0.717) is 0 Å². The van der Waals surface area contributed by atoms with Gasteiger partial charge in [-0.15, -0.1) is 0 Å². The molecule has 11 aromatic carbocycles. The lowest BCUT2D eigenvalue weighted by atomic mass is 9.67. The van der Waals surface area contributed by atoms with E-state index in [-0.39, 0.29) is 11.1 Å². The van der Waals surface area contributed by atoms with Gasteiger partial charge in [0.2, 0.25) is 0 Å². The van der Waals surface area contributed by atoms with Gasteiger partial charge in [0.05, 0.1) is 10.8 Å². The third-order valence-corrected chi connectivity index (χ3v) is 15.9. The van der Waals surface area contributed by atoms with Gasteiger partial charge in [-0.1, -0.05) is 219 Å². The molecule has 2 aliphatic carbocycles. The Bertz CT molecular complexity index is 3920. The lowest BCUT2D eigenvalue weighted by Gasteiger charge is -2.36. The summed E-state index contributed by atoms with van der Waals surface area (Å²) in [5.41, 5.74) is 14.3. The van der Waals surface area contributed by atoms with Crippen molar-refractivity contribution in [1.82, 2.24) is 0 Å². The summed E-state index contributed by atoms with van der Waals surface area (Å²) in [7, 11) is 0. The van der Waals surface area contributed by atoms with Crippen LogP contribution >= 0.6 is 0 Å². The first-order valence-corrected chi connectivity index (χ1v) is 25.6. The molecule has 0 bridgehead atoms. The van der Waals surface area contributed by atoms with Gasteiger partial charge >= 0.3 is 0 Å². The Hall–Kier alpha value is -9.58. The number of anilines is 3. The average Bonchev–Trinajstić information content (AvgIpc) is 4.12. The molecule has 0 radical (unpaired) electrons. The van der Waals surface area contributed by atoms with Crippen LogP contribution in [0.5, 0.6) is 0 Å². The van der Waals surface area contributed by atoms with Gasteiger partial charge in [0.25, 0.3) is 0 Å². The largest absolute Gasteiger partial charge is 0.310 e. The molecule has 0 aromatic heterocycles. The Labute approximate surface area is 445 Å². The quantitative estimate of drug-likeness (QED) is 0.117. The molecule has 368 valence electrons. The van der Waals surface area contributed by atoms with E-state index in [1.165, 1.54) is 0 Å². The summed E-state index contributed by atoms with van der Waals surface area (Å²) in [6.07, 6.45) is 3.53. The fourth-order valence-corrected chi connectivity index (χ4v) is 12.4. The van der Waals surface area contributed by atoms with Crippen molar-refractivity contribution in [3.05, 3.63) is 341 Å². The molecule has 2 aliphatic rings. The highest BCUT2D eigenvalue weighted by Gasteiger charge is 2.50. The number of hydrogen-bond donors (Lipinski definition) is 0. The SMILES string of the molecule is C=Cc1ccc(C2(c3cccc(F)c3F)c3ccccc3-c3ccc(N(c4ccc(-c5cccc(-c6ccccc6)c5)cc4)c4ccc5c(c4)C(c4ccc(C=C)cc4)(c4cccc(F)c4F)c4ccccc4-5)cc32)cc1. The summed E-state index contributed by atoms with van der Waals surface area (Å²) in [5.74, 6) is -3.76. The van der Waals surface area contributed by atoms with Crippen LogP contribution < -0.4 is 4.90 Å². The summed E-state index contributed by atoms with van der Waals surface area (Å²) in [4.78, 5) is 2.16. The van der Waals surface area contributed by atoms with Crippen molar-refractivity contribution in [2.24, 2.45) is 0 Å².